The lowest BCUT2D eigenvalue weighted by Gasteiger charge is -2.59. The summed E-state index contributed by atoms with van der Waals surface area (Å²) in [7, 11) is 1.83. The molecular weight excluding hydrogens is 218 g/mol. The topological polar surface area (TPSA) is 21.3 Å². The van der Waals surface area contributed by atoms with E-state index >= 15 is 0 Å². The van der Waals surface area contributed by atoms with Crippen LogP contribution in [0.25, 0.3) is 0 Å². The van der Waals surface area contributed by atoms with E-state index in [4.69, 9.17) is 4.74 Å². The van der Waals surface area contributed by atoms with Gasteiger partial charge in [0.05, 0.1) is 5.60 Å². The van der Waals surface area contributed by atoms with Crippen molar-refractivity contribution < 1.29 is 4.74 Å². The number of rotatable bonds is 6. The van der Waals surface area contributed by atoms with E-state index in [2.05, 4.69) is 39.3 Å². The predicted octanol–water partition coefficient (Wildman–Crippen LogP) is 2.78. The van der Waals surface area contributed by atoms with Crippen LogP contribution in [0.3, 0.4) is 0 Å². The Morgan fingerprint density at radius 3 is 2.50 bits per heavy atom. The minimum atomic E-state index is 0.0490. The van der Waals surface area contributed by atoms with Crippen LogP contribution in [0.15, 0.2) is 0 Å². The maximum atomic E-state index is 5.63. The van der Waals surface area contributed by atoms with Crippen LogP contribution < -0.4 is 5.32 Å². The first-order valence-electron chi connectivity index (χ1n) is 6.15. The molecular formula is C13H27NOS. The quantitative estimate of drug-likeness (QED) is 0.777. The van der Waals surface area contributed by atoms with Crippen LogP contribution in [-0.2, 0) is 4.74 Å². The summed E-state index contributed by atoms with van der Waals surface area (Å²) < 4.78 is 5.63. The van der Waals surface area contributed by atoms with Gasteiger partial charge in [0.2, 0.25) is 0 Å². The summed E-state index contributed by atoms with van der Waals surface area (Å²) in [6, 6.07) is 0.599. The van der Waals surface area contributed by atoms with Crippen LogP contribution in [-0.4, -0.2) is 37.3 Å². The molecule has 2 nitrogen and oxygen atoms in total. The number of hydrogen-bond acceptors (Lipinski definition) is 3. The van der Waals surface area contributed by atoms with E-state index in [0.717, 1.165) is 18.9 Å². The smallest absolute Gasteiger partial charge is 0.0731 e. The molecule has 0 heterocycles. The first kappa shape index (κ1) is 14.3. The zero-order valence-corrected chi connectivity index (χ0v) is 12.4. The molecule has 0 aromatic carbocycles. The molecule has 0 aromatic heterocycles. The SMILES string of the molecule is COC1(C)CC(NCC(C)CSC)C1(C)C. The molecule has 1 saturated carbocycles. The lowest BCUT2D eigenvalue weighted by atomic mass is 9.56. The van der Waals surface area contributed by atoms with Crippen LogP contribution in [0.1, 0.15) is 34.1 Å². The molecule has 0 saturated heterocycles. The first-order valence-corrected chi connectivity index (χ1v) is 7.54. The number of methoxy groups -OCH3 is 1. The molecule has 0 bridgehead atoms. The third-order valence-electron chi connectivity index (χ3n) is 4.44. The Morgan fingerprint density at radius 1 is 1.44 bits per heavy atom. The van der Waals surface area contributed by atoms with Gasteiger partial charge in [-0.25, -0.2) is 0 Å². The second kappa shape index (κ2) is 5.28. The molecule has 3 atom stereocenters. The molecule has 1 aliphatic rings. The van der Waals surface area contributed by atoms with E-state index in [1.807, 2.05) is 18.9 Å². The lowest BCUT2D eigenvalue weighted by molar-refractivity contribution is -0.180. The average Bonchev–Trinajstić information content (AvgIpc) is 2.23. The van der Waals surface area contributed by atoms with Gasteiger partial charge in [-0.05, 0) is 37.8 Å². The van der Waals surface area contributed by atoms with E-state index in [-0.39, 0.29) is 11.0 Å². The Hall–Kier alpha value is 0.270. The van der Waals surface area contributed by atoms with Gasteiger partial charge in [0, 0.05) is 18.6 Å². The number of hydrogen-bond donors (Lipinski definition) is 1. The van der Waals surface area contributed by atoms with Gasteiger partial charge in [-0.3, -0.25) is 0 Å². The Labute approximate surface area is 105 Å². The highest BCUT2D eigenvalue weighted by molar-refractivity contribution is 7.98. The van der Waals surface area contributed by atoms with Crippen molar-refractivity contribution in [1.82, 2.24) is 5.32 Å². The fourth-order valence-corrected chi connectivity index (χ4v) is 3.19. The lowest BCUT2D eigenvalue weighted by Crippen LogP contribution is -2.68. The summed E-state index contributed by atoms with van der Waals surface area (Å²) in [5, 5.41) is 3.69. The zero-order valence-electron chi connectivity index (χ0n) is 11.6. The number of thioether (sulfide) groups is 1. The summed E-state index contributed by atoms with van der Waals surface area (Å²) in [4.78, 5) is 0. The molecule has 0 aliphatic heterocycles. The third-order valence-corrected chi connectivity index (χ3v) is 5.34. The fourth-order valence-electron chi connectivity index (χ4n) is 2.51. The van der Waals surface area contributed by atoms with Crippen molar-refractivity contribution in [3.05, 3.63) is 0 Å². The van der Waals surface area contributed by atoms with Crippen molar-refractivity contribution in [2.24, 2.45) is 11.3 Å². The van der Waals surface area contributed by atoms with Crippen molar-refractivity contribution in [2.45, 2.75) is 45.8 Å². The Kier molecular flexibility index (Phi) is 4.73. The van der Waals surface area contributed by atoms with E-state index in [1.165, 1.54) is 5.75 Å². The molecule has 0 amide bonds. The molecule has 3 heteroatoms. The van der Waals surface area contributed by atoms with Gasteiger partial charge in [0.1, 0.15) is 0 Å². The van der Waals surface area contributed by atoms with E-state index in [0.29, 0.717) is 6.04 Å². The monoisotopic (exact) mass is 245 g/mol. The van der Waals surface area contributed by atoms with Crippen molar-refractivity contribution in [3.63, 3.8) is 0 Å². The summed E-state index contributed by atoms with van der Waals surface area (Å²) in [6.07, 6.45) is 3.30. The molecule has 0 radical (unpaired) electrons. The summed E-state index contributed by atoms with van der Waals surface area (Å²) in [5.41, 5.74) is 0.286. The third kappa shape index (κ3) is 2.57. The molecule has 1 fully saturated rings. The minimum Gasteiger partial charge on any atom is -0.378 e. The predicted molar refractivity (Wildman–Crippen MR) is 73.1 cm³/mol. The van der Waals surface area contributed by atoms with E-state index in [9.17, 15) is 0 Å². The average molecular weight is 245 g/mol. The second-order valence-corrected chi connectivity index (χ2v) is 6.79. The molecule has 16 heavy (non-hydrogen) atoms. The van der Waals surface area contributed by atoms with Crippen LogP contribution in [0.4, 0.5) is 0 Å². The standard InChI is InChI=1S/C13H27NOS/c1-10(9-16-6)8-14-11-7-13(4,15-5)12(11,2)3/h10-11,14H,7-9H2,1-6H3. The van der Waals surface area contributed by atoms with Crippen molar-refractivity contribution >= 4 is 11.8 Å². The summed E-state index contributed by atoms with van der Waals surface area (Å²) in [6.45, 7) is 10.3. The maximum Gasteiger partial charge on any atom is 0.0731 e. The molecule has 1 N–H and O–H groups in total. The Bertz CT molecular complexity index is 232. The summed E-state index contributed by atoms with van der Waals surface area (Å²) >= 11 is 1.93. The zero-order chi connectivity index (χ0) is 12.4. The van der Waals surface area contributed by atoms with E-state index < -0.39 is 0 Å². The van der Waals surface area contributed by atoms with Gasteiger partial charge in [-0.2, -0.15) is 11.8 Å². The van der Waals surface area contributed by atoms with Gasteiger partial charge in [-0.15, -0.1) is 0 Å². The molecule has 3 unspecified atom stereocenters. The van der Waals surface area contributed by atoms with Crippen molar-refractivity contribution in [1.29, 1.82) is 0 Å². The van der Waals surface area contributed by atoms with Gasteiger partial charge >= 0.3 is 0 Å². The Balaban J connectivity index is 2.37. The normalized spacial score (nSPS) is 34.5. The van der Waals surface area contributed by atoms with Crippen LogP contribution in [0.5, 0.6) is 0 Å². The van der Waals surface area contributed by atoms with Gasteiger partial charge in [0.25, 0.3) is 0 Å². The van der Waals surface area contributed by atoms with Crippen LogP contribution in [0, 0.1) is 11.3 Å². The maximum absolute atomic E-state index is 5.63. The summed E-state index contributed by atoms with van der Waals surface area (Å²) in [5.74, 6) is 1.99. The van der Waals surface area contributed by atoms with Gasteiger partial charge in [0.15, 0.2) is 0 Å². The van der Waals surface area contributed by atoms with Crippen LogP contribution >= 0.6 is 11.8 Å². The molecule has 96 valence electrons. The minimum absolute atomic E-state index is 0.0490. The molecule has 0 spiro atoms. The highest BCUT2D eigenvalue weighted by Crippen LogP contribution is 2.51. The fraction of sp³-hybridized carbons (Fsp3) is 1.00. The van der Waals surface area contributed by atoms with Gasteiger partial charge in [-0.1, -0.05) is 20.8 Å². The molecule has 1 aliphatic carbocycles. The van der Waals surface area contributed by atoms with Gasteiger partial charge < -0.3 is 10.1 Å². The second-order valence-electron chi connectivity index (χ2n) is 5.88. The molecule has 1 rings (SSSR count). The highest BCUT2D eigenvalue weighted by atomic mass is 32.2. The van der Waals surface area contributed by atoms with Crippen molar-refractivity contribution in [2.75, 3.05) is 25.7 Å². The van der Waals surface area contributed by atoms with Crippen LogP contribution in [0.2, 0.25) is 0 Å². The number of ether oxygens (including phenoxy) is 1. The number of nitrogens with one attached hydrogen (secondary N) is 1. The molecule has 0 aromatic rings. The highest BCUT2D eigenvalue weighted by Gasteiger charge is 2.57. The van der Waals surface area contributed by atoms with E-state index in [1.54, 1.807) is 0 Å². The van der Waals surface area contributed by atoms with Crippen molar-refractivity contribution in [3.8, 4) is 0 Å². The first-order chi connectivity index (χ1) is 7.37. The Morgan fingerprint density at radius 2 is 2.06 bits per heavy atom. The largest absolute Gasteiger partial charge is 0.378 e.